The third-order valence-electron chi connectivity index (χ3n) is 3.37. The average Bonchev–Trinajstić information content (AvgIpc) is 2.71. The monoisotopic (exact) mass is 307 g/mol. The molecule has 0 unspecified atom stereocenters. The van der Waals surface area contributed by atoms with Crippen molar-refractivity contribution in [1.82, 2.24) is 9.88 Å². The molecule has 0 saturated carbocycles. The van der Waals surface area contributed by atoms with Crippen molar-refractivity contribution in [3.63, 3.8) is 0 Å². The lowest BCUT2D eigenvalue weighted by Crippen LogP contribution is -2.29. The molecule has 2 aromatic rings. The third-order valence-corrected chi connectivity index (χ3v) is 3.37. The molecule has 2 rings (SSSR count). The highest BCUT2D eigenvalue weighted by Crippen LogP contribution is 2.21. The van der Waals surface area contributed by atoms with Gasteiger partial charge < -0.3 is 15.6 Å². The van der Waals surface area contributed by atoms with E-state index in [0.29, 0.717) is 18.7 Å². The molecule has 0 radical (unpaired) electrons. The molecule has 0 aliphatic rings. The molecule has 1 heterocycles. The molecule has 0 bridgehead atoms. The Kier molecular flexibility index (Phi) is 6.00. The Labute approximate surface area is 131 Å². The highest BCUT2D eigenvalue weighted by molar-refractivity contribution is 5.95. The Morgan fingerprint density at radius 3 is 2.57 bits per heavy atom. The predicted octanol–water partition coefficient (Wildman–Crippen LogP) is 2.51. The quantitative estimate of drug-likeness (QED) is 0.912. The molecule has 3 N–H and O–H groups in total. The number of rotatable bonds is 4. The highest BCUT2D eigenvalue weighted by atomic mass is 35.5. The van der Waals surface area contributed by atoms with E-state index in [1.807, 2.05) is 26.0 Å². The largest absolute Gasteiger partial charge is 0.351 e. The van der Waals surface area contributed by atoms with Gasteiger partial charge in [0.1, 0.15) is 0 Å². The summed E-state index contributed by atoms with van der Waals surface area (Å²) < 4.78 is 2.10. The second kappa shape index (κ2) is 7.29. The molecule has 21 heavy (non-hydrogen) atoms. The number of nitrogens with zero attached hydrogens (tertiary/aromatic N) is 1. The van der Waals surface area contributed by atoms with Crippen LogP contribution in [0.4, 0.5) is 0 Å². The SMILES string of the molecule is Cc1cccc(-n2c(C)cc(C(=O)NCCN)c2C)c1.Cl. The topological polar surface area (TPSA) is 60.0 Å². The first-order valence-electron chi connectivity index (χ1n) is 6.79. The van der Waals surface area contributed by atoms with Crippen LogP contribution in [0.1, 0.15) is 27.3 Å². The van der Waals surface area contributed by atoms with E-state index >= 15 is 0 Å². The Morgan fingerprint density at radius 2 is 1.95 bits per heavy atom. The van der Waals surface area contributed by atoms with Gasteiger partial charge in [-0.05, 0) is 44.5 Å². The molecule has 0 spiro atoms. The first kappa shape index (κ1) is 17.3. The van der Waals surface area contributed by atoms with Gasteiger partial charge in [-0.1, -0.05) is 12.1 Å². The van der Waals surface area contributed by atoms with Crippen LogP contribution >= 0.6 is 12.4 Å². The average molecular weight is 308 g/mol. The maximum absolute atomic E-state index is 12.1. The van der Waals surface area contributed by atoms with Gasteiger partial charge in [0.25, 0.3) is 5.91 Å². The maximum Gasteiger partial charge on any atom is 0.253 e. The van der Waals surface area contributed by atoms with E-state index in [1.54, 1.807) is 0 Å². The van der Waals surface area contributed by atoms with Crippen LogP contribution in [0, 0.1) is 20.8 Å². The first-order valence-corrected chi connectivity index (χ1v) is 6.79. The van der Waals surface area contributed by atoms with Crippen LogP contribution in [0.3, 0.4) is 0 Å². The standard InChI is InChI=1S/C16H21N3O.ClH/c1-11-5-4-6-14(9-11)19-12(2)10-15(13(19)3)16(20)18-8-7-17;/h4-6,9-10H,7-8,17H2,1-3H3,(H,18,20);1H. The van der Waals surface area contributed by atoms with E-state index in [4.69, 9.17) is 5.73 Å². The van der Waals surface area contributed by atoms with Gasteiger partial charge in [-0.15, -0.1) is 12.4 Å². The van der Waals surface area contributed by atoms with Crippen molar-refractivity contribution in [1.29, 1.82) is 0 Å². The third kappa shape index (κ3) is 3.65. The van der Waals surface area contributed by atoms with Gasteiger partial charge in [0.2, 0.25) is 0 Å². The minimum atomic E-state index is -0.0672. The molecule has 1 aromatic carbocycles. The fraction of sp³-hybridized carbons (Fsp3) is 0.312. The van der Waals surface area contributed by atoms with Crippen LogP contribution in [0.25, 0.3) is 5.69 Å². The van der Waals surface area contributed by atoms with E-state index in [0.717, 1.165) is 17.1 Å². The summed E-state index contributed by atoms with van der Waals surface area (Å²) in [6.45, 7) is 6.98. The molecule has 0 fully saturated rings. The number of carbonyl (C=O) groups excluding carboxylic acids is 1. The summed E-state index contributed by atoms with van der Waals surface area (Å²) in [4.78, 5) is 12.1. The van der Waals surface area contributed by atoms with Crippen LogP contribution in [0.5, 0.6) is 0 Å². The summed E-state index contributed by atoms with van der Waals surface area (Å²) in [5.41, 5.74) is 10.4. The van der Waals surface area contributed by atoms with E-state index in [9.17, 15) is 4.79 Å². The van der Waals surface area contributed by atoms with Crippen LogP contribution < -0.4 is 11.1 Å². The van der Waals surface area contributed by atoms with Crippen molar-refractivity contribution in [2.45, 2.75) is 20.8 Å². The van der Waals surface area contributed by atoms with E-state index in [-0.39, 0.29) is 18.3 Å². The molecule has 4 nitrogen and oxygen atoms in total. The fourth-order valence-corrected chi connectivity index (χ4v) is 2.44. The van der Waals surface area contributed by atoms with Gasteiger partial charge in [0, 0.05) is 30.2 Å². The molecule has 0 saturated heterocycles. The summed E-state index contributed by atoms with van der Waals surface area (Å²) >= 11 is 0. The van der Waals surface area contributed by atoms with E-state index < -0.39 is 0 Å². The smallest absolute Gasteiger partial charge is 0.253 e. The van der Waals surface area contributed by atoms with Crippen molar-refractivity contribution in [2.75, 3.05) is 13.1 Å². The number of hydrogen-bond acceptors (Lipinski definition) is 2. The zero-order chi connectivity index (χ0) is 14.7. The molecule has 114 valence electrons. The van der Waals surface area contributed by atoms with Gasteiger partial charge in [-0.3, -0.25) is 4.79 Å². The molecule has 5 heteroatoms. The molecule has 1 amide bonds. The molecule has 1 aromatic heterocycles. The summed E-state index contributed by atoms with van der Waals surface area (Å²) in [5, 5.41) is 2.82. The number of carbonyl (C=O) groups is 1. The van der Waals surface area contributed by atoms with Gasteiger partial charge in [0.05, 0.1) is 5.56 Å². The number of aromatic nitrogens is 1. The van der Waals surface area contributed by atoms with Crippen molar-refractivity contribution in [2.24, 2.45) is 5.73 Å². The molecule has 0 aliphatic heterocycles. The molecular weight excluding hydrogens is 286 g/mol. The van der Waals surface area contributed by atoms with E-state index in [2.05, 4.69) is 35.0 Å². The number of nitrogens with one attached hydrogen (secondary N) is 1. The maximum atomic E-state index is 12.1. The van der Waals surface area contributed by atoms with Gasteiger partial charge >= 0.3 is 0 Å². The number of nitrogens with two attached hydrogens (primary N) is 1. The number of aryl methyl sites for hydroxylation is 2. The number of benzene rings is 1. The zero-order valence-corrected chi connectivity index (χ0v) is 13.5. The zero-order valence-electron chi connectivity index (χ0n) is 12.6. The number of amides is 1. The minimum Gasteiger partial charge on any atom is -0.351 e. The van der Waals surface area contributed by atoms with Gasteiger partial charge in [-0.2, -0.15) is 0 Å². The van der Waals surface area contributed by atoms with Crippen molar-refractivity contribution < 1.29 is 4.79 Å². The highest BCUT2D eigenvalue weighted by Gasteiger charge is 2.16. The second-order valence-electron chi connectivity index (χ2n) is 5.00. The first-order chi connectivity index (χ1) is 9.54. The van der Waals surface area contributed by atoms with Crippen LogP contribution in [-0.4, -0.2) is 23.6 Å². The van der Waals surface area contributed by atoms with Crippen molar-refractivity contribution in [3.05, 3.63) is 52.8 Å². The molecular formula is C16H22ClN3O. The van der Waals surface area contributed by atoms with Crippen LogP contribution in [0.15, 0.2) is 30.3 Å². The normalized spacial score (nSPS) is 10.1. The predicted molar refractivity (Wildman–Crippen MR) is 88.6 cm³/mol. The van der Waals surface area contributed by atoms with Crippen LogP contribution in [0.2, 0.25) is 0 Å². The Balaban J connectivity index is 0.00000220. The second-order valence-corrected chi connectivity index (χ2v) is 5.00. The lowest BCUT2D eigenvalue weighted by Gasteiger charge is -2.10. The Hall–Kier alpha value is -1.78. The van der Waals surface area contributed by atoms with Crippen molar-refractivity contribution in [3.8, 4) is 5.69 Å². The lowest BCUT2D eigenvalue weighted by molar-refractivity contribution is 0.0954. The Bertz CT molecular complexity index is 634. The van der Waals surface area contributed by atoms with Gasteiger partial charge in [-0.25, -0.2) is 0 Å². The summed E-state index contributed by atoms with van der Waals surface area (Å²) in [6, 6.07) is 10.2. The number of halogens is 1. The Morgan fingerprint density at radius 1 is 1.24 bits per heavy atom. The molecule has 0 aliphatic carbocycles. The van der Waals surface area contributed by atoms with Crippen LogP contribution in [-0.2, 0) is 0 Å². The van der Waals surface area contributed by atoms with Crippen molar-refractivity contribution >= 4 is 18.3 Å². The fourth-order valence-electron chi connectivity index (χ4n) is 2.44. The minimum absolute atomic E-state index is 0. The summed E-state index contributed by atoms with van der Waals surface area (Å²) in [5.74, 6) is -0.0672. The molecule has 0 atom stereocenters. The van der Waals surface area contributed by atoms with Gasteiger partial charge in [0.15, 0.2) is 0 Å². The summed E-state index contributed by atoms with van der Waals surface area (Å²) in [7, 11) is 0. The lowest BCUT2D eigenvalue weighted by atomic mass is 10.2. The summed E-state index contributed by atoms with van der Waals surface area (Å²) in [6.07, 6.45) is 0. The van der Waals surface area contributed by atoms with E-state index in [1.165, 1.54) is 5.56 Å². The number of hydrogen-bond donors (Lipinski definition) is 2.